The maximum Gasteiger partial charge on any atom is 0.256 e. The van der Waals surface area contributed by atoms with Crippen LogP contribution in [0, 0.1) is 31.0 Å². The molecule has 0 saturated carbocycles. The summed E-state index contributed by atoms with van der Waals surface area (Å²) in [6.07, 6.45) is 2.05. The molecule has 0 radical (unpaired) electrons. The van der Waals surface area contributed by atoms with Crippen molar-refractivity contribution in [2.24, 2.45) is 0 Å². The van der Waals surface area contributed by atoms with E-state index in [0.717, 1.165) is 30.7 Å². The van der Waals surface area contributed by atoms with Gasteiger partial charge < -0.3 is 19.5 Å². The first-order chi connectivity index (χ1) is 16.4. The zero-order valence-corrected chi connectivity index (χ0v) is 19.6. The fraction of sp³-hybridized carbons (Fsp3) is 0.480. The van der Waals surface area contributed by atoms with E-state index in [1.165, 1.54) is 12.1 Å². The zero-order valence-electron chi connectivity index (χ0n) is 19.6. The lowest BCUT2D eigenvalue weighted by atomic mass is 10.1. The Labute approximate surface area is 198 Å². The topological polar surface area (TPSA) is 90.6 Å². The Morgan fingerprint density at radius 3 is 2.59 bits per heavy atom. The number of rotatable bonds is 6. The fourth-order valence-electron chi connectivity index (χ4n) is 4.64. The minimum Gasteiger partial charge on any atom is -0.376 e. The molecule has 2 fully saturated rings. The molecule has 4 rings (SSSR count). The van der Waals surface area contributed by atoms with Crippen LogP contribution < -0.4 is 5.32 Å². The second kappa shape index (κ2) is 10.4. The number of amides is 2. The van der Waals surface area contributed by atoms with E-state index in [2.05, 4.69) is 11.4 Å². The number of hydrogen-bond donors (Lipinski definition) is 1. The van der Waals surface area contributed by atoms with Crippen molar-refractivity contribution < 1.29 is 18.7 Å². The number of nitrogens with zero attached hydrogens (tertiary/aromatic N) is 4. The van der Waals surface area contributed by atoms with Gasteiger partial charge in [-0.15, -0.1) is 0 Å². The van der Waals surface area contributed by atoms with Gasteiger partial charge in [0.25, 0.3) is 5.91 Å². The second-order valence-corrected chi connectivity index (χ2v) is 8.89. The monoisotopic (exact) mass is 467 g/mol. The van der Waals surface area contributed by atoms with E-state index in [1.807, 2.05) is 23.3 Å². The van der Waals surface area contributed by atoms with Crippen LogP contribution in [-0.2, 0) is 16.1 Å². The lowest BCUT2D eigenvalue weighted by Crippen LogP contribution is -2.50. The van der Waals surface area contributed by atoms with Crippen LogP contribution in [-0.4, -0.2) is 71.6 Å². The molecule has 1 unspecified atom stereocenters. The maximum atomic E-state index is 14.0. The molecular weight excluding hydrogens is 437 g/mol. The predicted molar refractivity (Wildman–Crippen MR) is 125 cm³/mol. The minimum absolute atomic E-state index is 0.0652. The lowest BCUT2D eigenvalue weighted by molar-refractivity contribution is -0.117. The minimum atomic E-state index is -0.529. The molecule has 1 aromatic carbocycles. The molecule has 2 aromatic rings. The first-order valence-electron chi connectivity index (χ1n) is 11.7. The highest BCUT2D eigenvalue weighted by Crippen LogP contribution is 2.28. The van der Waals surface area contributed by atoms with Gasteiger partial charge in [-0.2, -0.15) is 5.26 Å². The molecule has 2 aliphatic rings. The molecule has 0 bridgehead atoms. The lowest BCUT2D eigenvalue weighted by Gasteiger charge is -2.34. The number of nitrogens with one attached hydrogen (secondary N) is 1. The highest BCUT2D eigenvalue weighted by Gasteiger charge is 2.27. The van der Waals surface area contributed by atoms with E-state index in [-0.39, 0.29) is 30.0 Å². The van der Waals surface area contributed by atoms with Crippen molar-refractivity contribution in [2.75, 3.05) is 44.6 Å². The third-order valence-corrected chi connectivity index (χ3v) is 6.74. The van der Waals surface area contributed by atoms with E-state index < -0.39 is 5.82 Å². The molecule has 1 N–H and O–H groups in total. The van der Waals surface area contributed by atoms with E-state index in [1.54, 1.807) is 17.0 Å². The molecule has 1 aromatic heterocycles. The van der Waals surface area contributed by atoms with Gasteiger partial charge in [-0.25, -0.2) is 4.39 Å². The number of benzene rings is 1. The van der Waals surface area contributed by atoms with E-state index in [9.17, 15) is 19.2 Å². The highest BCUT2D eigenvalue weighted by atomic mass is 19.1. The summed E-state index contributed by atoms with van der Waals surface area (Å²) in [4.78, 5) is 29.1. The summed E-state index contributed by atoms with van der Waals surface area (Å²) in [5.74, 6) is -0.555. The maximum absolute atomic E-state index is 14.0. The number of anilines is 1. The number of carbonyl (C=O) groups is 2. The SMILES string of the molecule is Cc1c(C#N)c(NC(=O)CN2CCN(C(=O)c3ccccc3F)CC2)n(CC2CCCO2)c1C. The largest absolute Gasteiger partial charge is 0.376 e. The van der Waals surface area contributed by atoms with Crippen LogP contribution in [0.4, 0.5) is 10.2 Å². The Kier molecular flexibility index (Phi) is 7.29. The second-order valence-electron chi connectivity index (χ2n) is 8.89. The van der Waals surface area contributed by atoms with Gasteiger partial charge in [0.2, 0.25) is 5.91 Å². The van der Waals surface area contributed by atoms with Gasteiger partial charge >= 0.3 is 0 Å². The molecule has 1 atom stereocenters. The standard InChI is InChI=1S/C25H30FN5O3/c1-17-18(2)31(15-19-6-5-13-34-19)24(21(17)14-27)28-23(32)16-29-9-11-30(12-10-29)25(33)20-7-3-4-8-22(20)26/h3-4,7-8,19H,5-6,9-13,15-16H2,1-2H3,(H,28,32). The van der Waals surface area contributed by atoms with Crippen LogP contribution in [0.3, 0.4) is 0 Å². The number of hydrogen-bond acceptors (Lipinski definition) is 5. The Morgan fingerprint density at radius 2 is 1.94 bits per heavy atom. The van der Waals surface area contributed by atoms with Gasteiger partial charge in [0.1, 0.15) is 17.7 Å². The molecule has 9 heteroatoms. The molecule has 0 spiro atoms. The Bertz CT molecular complexity index is 1110. The van der Waals surface area contributed by atoms with Crippen LogP contribution in [0.2, 0.25) is 0 Å². The Morgan fingerprint density at radius 1 is 1.21 bits per heavy atom. The number of piperazine rings is 1. The van der Waals surface area contributed by atoms with Crippen molar-refractivity contribution in [1.29, 1.82) is 5.26 Å². The number of aromatic nitrogens is 1. The normalized spacial score (nSPS) is 18.6. The van der Waals surface area contributed by atoms with Crippen LogP contribution in [0.15, 0.2) is 24.3 Å². The average Bonchev–Trinajstić information content (AvgIpc) is 3.42. The molecule has 3 heterocycles. The molecular formula is C25H30FN5O3. The number of halogens is 1. The van der Waals surface area contributed by atoms with E-state index in [4.69, 9.17) is 4.74 Å². The fourth-order valence-corrected chi connectivity index (χ4v) is 4.64. The molecule has 180 valence electrons. The first kappa shape index (κ1) is 23.9. The van der Waals surface area contributed by atoms with E-state index in [0.29, 0.717) is 44.1 Å². The Balaban J connectivity index is 1.37. The average molecular weight is 468 g/mol. The van der Waals surface area contributed by atoms with Crippen molar-refractivity contribution in [3.63, 3.8) is 0 Å². The van der Waals surface area contributed by atoms with Crippen molar-refractivity contribution in [3.05, 3.63) is 52.5 Å². The van der Waals surface area contributed by atoms with Crippen molar-refractivity contribution >= 4 is 17.6 Å². The first-order valence-corrected chi connectivity index (χ1v) is 11.7. The third kappa shape index (κ3) is 4.98. The van der Waals surface area contributed by atoms with Crippen molar-refractivity contribution in [2.45, 2.75) is 39.3 Å². The quantitative estimate of drug-likeness (QED) is 0.706. The van der Waals surface area contributed by atoms with E-state index >= 15 is 0 Å². The summed E-state index contributed by atoms with van der Waals surface area (Å²) in [6, 6.07) is 8.20. The van der Waals surface area contributed by atoms with Crippen molar-refractivity contribution in [3.8, 4) is 6.07 Å². The van der Waals surface area contributed by atoms with Crippen molar-refractivity contribution in [1.82, 2.24) is 14.4 Å². The zero-order chi connectivity index (χ0) is 24.2. The molecule has 2 saturated heterocycles. The number of carbonyl (C=O) groups excluding carboxylic acids is 2. The van der Waals surface area contributed by atoms with Gasteiger partial charge in [0.15, 0.2) is 0 Å². The third-order valence-electron chi connectivity index (χ3n) is 6.74. The summed E-state index contributed by atoms with van der Waals surface area (Å²) >= 11 is 0. The summed E-state index contributed by atoms with van der Waals surface area (Å²) in [7, 11) is 0. The predicted octanol–water partition coefficient (Wildman–Crippen LogP) is 2.69. The summed E-state index contributed by atoms with van der Waals surface area (Å²) in [5.41, 5.74) is 2.35. The highest BCUT2D eigenvalue weighted by molar-refractivity contribution is 5.95. The number of nitriles is 1. The summed E-state index contributed by atoms with van der Waals surface area (Å²) in [6.45, 7) is 7.17. The van der Waals surface area contributed by atoms with Gasteiger partial charge in [0, 0.05) is 38.5 Å². The summed E-state index contributed by atoms with van der Waals surface area (Å²) < 4.78 is 21.7. The molecule has 2 amide bonds. The van der Waals surface area contributed by atoms with Gasteiger partial charge in [0.05, 0.1) is 30.3 Å². The molecule has 0 aliphatic carbocycles. The van der Waals surface area contributed by atoms with Crippen LogP contribution in [0.25, 0.3) is 0 Å². The van der Waals surface area contributed by atoms with Crippen LogP contribution >= 0.6 is 0 Å². The van der Waals surface area contributed by atoms with Gasteiger partial charge in [-0.05, 0) is 44.4 Å². The van der Waals surface area contributed by atoms with Crippen LogP contribution in [0.1, 0.15) is 40.0 Å². The Hall–Kier alpha value is -3.22. The van der Waals surface area contributed by atoms with Gasteiger partial charge in [-0.1, -0.05) is 12.1 Å². The number of ether oxygens (including phenoxy) is 1. The smallest absolute Gasteiger partial charge is 0.256 e. The molecule has 34 heavy (non-hydrogen) atoms. The molecule has 2 aliphatic heterocycles. The molecule has 8 nitrogen and oxygen atoms in total. The van der Waals surface area contributed by atoms with Crippen LogP contribution in [0.5, 0.6) is 0 Å². The summed E-state index contributed by atoms with van der Waals surface area (Å²) in [5, 5.41) is 12.7. The van der Waals surface area contributed by atoms with Gasteiger partial charge in [-0.3, -0.25) is 14.5 Å².